The molecule has 2 amide bonds. The second kappa shape index (κ2) is 14.5. The van der Waals surface area contributed by atoms with E-state index >= 15 is 0 Å². The summed E-state index contributed by atoms with van der Waals surface area (Å²) in [5.41, 5.74) is 6.43. The molecule has 0 unspecified atom stereocenters. The molecule has 0 aliphatic carbocycles. The fourth-order valence-electron chi connectivity index (χ4n) is 5.64. The Hall–Kier alpha value is -5.84. The van der Waals surface area contributed by atoms with Crippen molar-refractivity contribution < 1.29 is 38.1 Å². The number of ether oxygens (including phenoxy) is 3. The average Bonchev–Trinajstić information content (AvgIpc) is 3.59. The first-order valence-electron chi connectivity index (χ1n) is 15.5. The summed E-state index contributed by atoms with van der Waals surface area (Å²) >= 11 is 0. The van der Waals surface area contributed by atoms with Gasteiger partial charge in [0.25, 0.3) is 5.91 Å². The molecule has 2 aromatic carbocycles. The van der Waals surface area contributed by atoms with Crippen LogP contribution in [0.2, 0.25) is 0 Å². The Morgan fingerprint density at radius 2 is 1.86 bits per heavy atom. The van der Waals surface area contributed by atoms with Crippen LogP contribution in [0.25, 0.3) is 10.9 Å². The van der Waals surface area contributed by atoms with Crippen LogP contribution in [0.15, 0.2) is 47.7 Å². The van der Waals surface area contributed by atoms with Crippen LogP contribution in [-0.2, 0) is 17.8 Å². The number of halogens is 1. The van der Waals surface area contributed by atoms with E-state index < -0.39 is 30.2 Å². The van der Waals surface area contributed by atoms with Gasteiger partial charge in [-0.25, -0.2) is 24.1 Å². The van der Waals surface area contributed by atoms with Crippen LogP contribution in [0.4, 0.5) is 21.0 Å². The number of benzene rings is 2. The molecular weight excluding hydrogens is 641 g/mol. The zero-order valence-corrected chi connectivity index (χ0v) is 26.6. The van der Waals surface area contributed by atoms with E-state index in [1.807, 2.05) is 16.7 Å². The van der Waals surface area contributed by atoms with E-state index in [0.29, 0.717) is 69.3 Å². The molecule has 2 aliphatic heterocycles. The van der Waals surface area contributed by atoms with Crippen LogP contribution in [0.5, 0.6) is 17.2 Å². The van der Waals surface area contributed by atoms with Crippen molar-refractivity contribution in [3.63, 3.8) is 0 Å². The molecule has 49 heavy (non-hydrogen) atoms. The molecule has 6 rings (SSSR count). The first-order valence-corrected chi connectivity index (χ1v) is 15.5. The fourth-order valence-corrected chi connectivity index (χ4v) is 5.64. The number of carbonyl (C=O) groups excluding carboxylic acids is 2. The highest BCUT2D eigenvalue weighted by Gasteiger charge is 2.24. The Labute approximate surface area is 279 Å². The fraction of sp³-hybridized carbons (Fsp3) is 0.344. The average molecular weight is 676 g/mol. The van der Waals surface area contributed by atoms with Gasteiger partial charge in [0, 0.05) is 69.7 Å². The summed E-state index contributed by atoms with van der Waals surface area (Å²) in [6, 6.07) is 7.42. The number of carbonyl (C=O) groups is 3. The molecule has 256 valence electrons. The summed E-state index contributed by atoms with van der Waals surface area (Å²) in [5, 5.41) is 13.0. The first kappa shape index (κ1) is 33.1. The number of aliphatic carboxylic acids is 1. The number of hydrogen-bond donors (Lipinski definition) is 3. The Kier molecular flexibility index (Phi) is 9.79. The predicted molar refractivity (Wildman–Crippen MR) is 173 cm³/mol. The SMILES string of the molecule is COc1c(OCCCN2CCN(C(=O)Oc3ccc(CC(=O)O)c(F)c3)CC2)ccc2c3n(c(=NC(=O)c4cnc(N)nc4)nc12)CCN3. The number of hydrogen-bond acceptors (Lipinski definition) is 12. The van der Waals surface area contributed by atoms with Crippen molar-refractivity contribution in [2.45, 2.75) is 19.4 Å². The predicted octanol–water partition coefficient (Wildman–Crippen LogP) is 1.94. The minimum Gasteiger partial charge on any atom is -0.491 e. The van der Waals surface area contributed by atoms with Crippen LogP contribution in [0, 0.1) is 5.82 Å². The van der Waals surface area contributed by atoms with Crippen LogP contribution in [0.3, 0.4) is 0 Å². The molecule has 2 aromatic heterocycles. The van der Waals surface area contributed by atoms with Gasteiger partial charge in [0.15, 0.2) is 11.5 Å². The van der Waals surface area contributed by atoms with Crippen molar-refractivity contribution in [3.05, 3.63) is 65.3 Å². The van der Waals surface area contributed by atoms with E-state index in [1.54, 1.807) is 4.90 Å². The highest BCUT2D eigenvalue weighted by Crippen LogP contribution is 2.37. The Bertz CT molecular complexity index is 1960. The maximum absolute atomic E-state index is 14.2. The number of nitrogens with two attached hydrogens (primary N) is 1. The second-order valence-electron chi connectivity index (χ2n) is 11.3. The molecule has 4 heterocycles. The number of methoxy groups -OCH3 is 1. The number of aromatic nitrogens is 4. The lowest BCUT2D eigenvalue weighted by atomic mass is 10.1. The molecule has 1 fully saturated rings. The molecule has 1 saturated heterocycles. The number of nitrogens with zero attached hydrogens (tertiary/aromatic N) is 7. The summed E-state index contributed by atoms with van der Waals surface area (Å²) in [6.07, 6.45) is 2.28. The molecule has 16 nitrogen and oxygen atoms in total. The minimum atomic E-state index is -1.15. The number of carboxylic acid groups (broad SMARTS) is 1. The summed E-state index contributed by atoms with van der Waals surface area (Å²) in [4.78, 5) is 56.8. The molecular formula is C32H34FN9O7. The number of anilines is 2. The summed E-state index contributed by atoms with van der Waals surface area (Å²) < 4.78 is 33.2. The minimum absolute atomic E-state index is 0.0144. The molecule has 17 heteroatoms. The highest BCUT2D eigenvalue weighted by atomic mass is 19.1. The van der Waals surface area contributed by atoms with E-state index in [-0.39, 0.29) is 28.4 Å². The van der Waals surface area contributed by atoms with Crippen molar-refractivity contribution in [2.75, 3.05) is 64.0 Å². The van der Waals surface area contributed by atoms with Crippen LogP contribution < -0.4 is 30.9 Å². The lowest BCUT2D eigenvalue weighted by Crippen LogP contribution is -2.49. The van der Waals surface area contributed by atoms with Crippen molar-refractivity contribution in [1.29, 1.82) is 0 Å². The standard InChI is InChI=1S/C32H34FN9O7/c1-47-27-24(6-5-22-26(27)38-31(42-9-7-35-28(22)42)39-29(45)20-17-36-30(34)37-18-20)48-14-2-8-40-10-12-41(13-11-40)32(46)49-21-4-3-19(15-25(43)44)23(33)16-21/h3-6,16-18,35H,2,7-15H2,1H3,(H,43,44)(H2,34,36,37). The maximum atomic E-state index is 14.2. The highest BCUT2D eigenvalue weighted by molar-refractivity contribution is 5.96. The normalized spacial score (nSPS) is 14.7. The molecule has 0 spiro atoms. The van der Waals surface area contributed by atoms with Crippen LogP contribution in [-0.4, -0.2) is 105 Å². The molecule has 4 aromatic rings. The number of piperazine rings is 1. The number of carboxylic acids is 1. The second-order valence-corrected chi connectivity index (χ2v) is 11.3. The number of fused-ring (bicyclic) bond motifs is 3. The van der Waals surface area contributed by atoms with Crippen molar-refractivity contribution in [1.82, 2.24) is 29.3 Å². The summed E-state index contributed by atoms with van der Waals surface area (Å²) in [7, 11) is 1.53. The summed E-state index contributed by atoms with van der Waals surface area (Å²) in [5.74, 6) is -0.707. The van der Waals surface area contributed by atoms with Gasteiger partial charge in [0.05, 0.1) is 25.7 Å². The number of rotatable bonds is 10. The molecule has 2 aliphatic rings. The quantitative estimate of drug-likeness (QED) is 0.206. The van der Waals surface area contributed by atoms with E-state index in [4.69, 9.17) is 30.0 Å². The van der Waals surface area contributed by atoms with Gasteiger partial charge < -0.3 is 35.3 Å². The zero-order valence-electron chi connectivity index (χ0n) is 26.6. The van der Waals surface area contributed by atoms with Crippen molar-refractivity contribution >= 4 is 40.6 Å². The maximum Gasteiger partial charge on any atom is 0.415 e. The molecule has 4 N–H and O–H groups in total. The topological polar surface area (TPSA) is 200 Å². The lowest BCUT2D eigenvalue weighted by molar-refractivity contribution is -0.136. The van der Waals surface area contributed by atoms with Gasteiger partial charge in [-0.3, -0.25) is 19.1 Å². The van der Waals surface area contributed by atoms with Gasteiger partial charge in [-0.15, -0.1) is 0 Å². The van der Waals surface area contributed by atoms with Gasteiger partial charge in [-0.1, -0.05) is 6.07 Å². The van der Waals surface area contributed by atoms with E-state index in [0.717, 1.165) is 23.8 Å². The van der Waals surface area contributed by atoms with Gasteiger partial charge in [0.2, 0.25) is 11.6 Å². The molecule has 0 bridgehead atoms. The number of nitrogen functional groups attached to an aromatic ring is 1. The van der Waals surface area contributed by atoms with Crippen molar-refractivity contribution in [2.24, 2.45) is 4.99 Å². The third kappa shape index (κ3) is 7.51. The smallest absolute Gasteiger partial charge is 0.415 e. The summed E-state index contributed by atoms with van der Waals surface area (Å²) in [6.45, 7) is 4.42. The monoisotopic (exact) mass is 675 g/mol. The van der Waals surface area contributed by atoms with Gasteiger partial charge in [0.1, 0.15) is 22.9 Å². The Balaban J connectivity index is 1.05. The Morgan fingerprint density at radius 3 is 2.57 bits per heavy atom. The number of nitrogens with one attached hydrogen (secondary N) is 1. The van der Waals surface area contributed by atoms with Crippen LogP contribution in [0.1, 0.15) is 22.3 Å². The molecule has 0 radical (unpaired) electrons. The van der Waals surface area contributed by atoms with E-state index in [9.17, 15) is 18.8 Å². The zero-order chi connectivity index (χ0) is 34.5. The van der Waals surface area contributed by atoms with Gasteiger partial charge in [-0.2, -0.15) is 4.99 Å². The molecule has 0 atom stereocenters. The van der Waals surface area contributed by atoms with Crippen LogP contribution >= 0.6 is 0 Å². The third-order valence-corrected chi connectivity index (χ3v) is 8.10. The van der Waals surface area contributed by atoms with Gasteiger partial charge >= 0.3 is 12.1 Å². The van der Waals surface area contributed by atoms with Gasteiger partial charge in [-0.05, 0) is 30.2 Å². The molecule has 0 saturated carbocycles. The third-order valence-electron chi connectivity index (χ3n) is 8.10. The lowest BCUT2D eigenvalue weighted by Gasteiger charge is -2.34. The van der Waals surface area contributed by atoms with E-state index in [1.165, 1.54) is 31.6 Å². The largest absolute Gasteiger partial charge is 0.491 e. The first-order chi connectivity index (χ1) is 23.7. The Morgan fingerprint density at radius 1 is 1.08 bits per heavy atom. The van der Waals surface area contributed by atoms with Crippen molar-refractivity contribution in [3.8, 4) is 17.2 Å². The van der Waals surface area contributed by atoms with E-state index in [2.05, 4.69) is 25.2 Å². The number of amides is 2.